The second kappa shape index (κ2) is 4.86. The van der Waals surface area contributed by atoms with Crippen LogP contribution < -0.4 is 0 Å². The van der Waals surface area contributed by atoms with Gasteiger partial charge in [-0.1, -0.05) is 0 Å². The molecule has 2 nitrogen and oxygen atoms in total. The van der Waals surface area contributed by atoms with Crippen molar-refractivity contribution in [2.45, 2.75) is 25.8 Å². The molecule has 12 heavy (non-hydrogen) atoms. The number of aryl methyl sites for hydroxylation is 1. The van der Waals surface area contributed by atoms with Gasteiger partial charge in [0.2, 0.25) is 6.08 Å². The zero-order valence-electron chi connectivity index (χ0n) is 6.99. The van der Waals surface area contributed by atoms with E-state index in [1.165, 1.54) is 5.56 Å². The van der Waals surface area contributed by atoms with Gasteiger partial charge in [-0.15, -0.1) is 0 Å². The maximum atomic E-state index is 9.89. The molecule has 1 aromatic rings. The summed E-state index contributed by atoms with van der Waals surface area (Å²) in [4.78, 5) is 13.5. The van der Waals surface area contributed by atoms with Crippen LogP contribution in [-0.2, 0) is 11.2 Å². The van der Waals surface area contributed by atoms with Gasteiger partial charge in [0.05, 0.1) is 6.04 Å². The molecule has 0 fully saturated rings. The second-order valence-electron chi connectivity index (χ2n) is 2.74. The Morgan fingerprint density at radius 3 is 3.17 bits per heavy atom. The summed E-state index contributed by atoms with van der Waals surface area (Å²) in [6.45, 7) is 1.93. The van der Waals surface area contributed by atoms with Crippen molar-refractivity contribution < 1.29 is 4.79 Å². The van der Waals surface area contributed by atoms with Crippen LogP contribution in [-0.4, -0.2) is 12.1 Å². The van der Waals surface area contributed by atoms with Gasteiger partial charge in [0.15, 0.2) is 0 Å². The lowest BCUT2D eigenvalue weighted by Crippen LogP contribution is -1.98. The predicted molar refractivity (Wildman–Crippen MR) is 50.2 cm³/mol. The van der Waals surface area contributed by atoms with E-state index in [9.17, 15) is 4.79 Å². The molecular formula is C9H11NOS. The van der Waals surface area contributed by atoms with Crippen molar-refractivity contribution in [3.63, 3.8) is 0 Å². The average Bonchev–Trinajstić information content (AvgIpc) is 2.53. The van der Waals surface area contributed by atoms with Gasteiger partial charge in [-0.05, 0) is 42.2 Å². The van der Waals surface area contributed by atoms with E-state index in [1.807, 2.05) is 6.92 Å². The van der Waals surface area contributed by atoms with E-state index >= 15 is 0 Å². The van der Waals surface area contributed by atoms with Crippen LogP contribution in [0, 0.1) is 0 Å². The molecule has 0 amide bonds. The first-order chi connectivity index (χ1) is 5.83. The van der Waals surface area contributed by atoms with Crippen LogP contribution in [0.2, 0.25) is 0 Å². The Morgan fingerprint density at radius 1 is 1.75 bits per heavy atom. The highest BCUT2D eigenvalue weighted by atomic mass is 32.1. The second-order valence-corrected chi connectivity index (χ2v) is 3.52. The Morgan fingerprint density at radius 2 is 2.58 bits per heavy atom. The van der Waals surface area contributed by atoms with Crippen LogP contribution in [0.15, 0.2) is 21.8 Å². The summed E-state index contributed by atoms with van der Waals surface area (Å²) in [5.74, 6) is 0. The van der Waals surface area contributed by atoms with Crippen molar-refractivity contribution in [2.75, 3.05) is 0 Å². The van der Waals surface area contributed by atoms with Crippen LogP contribution in [0.3, 0.4) is 0 Å². The number of thiophene rings is 1. The van der Waals surface area contributed by atoms with Gasteiger partial charge in [-0.2, -0.15) is 11.3 Å². The molecule has 0 aromatic carbocycles. The largest absolute Gasteiger partial charge is 0.235 e. The van der Waals surface area contributed by atoms with Gasteiger partial charge in [0.1, 0.15) is 0 Å². The van der Waals surface area contributed by atoms with Crippen molar-refractivity contribution in [3.05, 3.63) is 22.4 Å². The molecule has 1 rings (SSSR count). The zero-order chi connectivity index (χ0) is 8.81. The molecule has 1 aromatic heterocycles. The molecule has 0 aliphatic carbocycles. The fourth-order valence-electron chi connectivity index (χ4n) is 0.965. The lowest BCUT2D eigenvalue weighted by Gasteiger charge is -2.00. The smallest absolute Gasteiger partial charge is 0.211 e. The molecule has 64 valence electrons. The van der Waals surface area contributed by atoms with Crippen molar-refractivity contribution in [3.8, 4) is 0 Å². The van der Waals surface area contributed by atoms with Gasteiger partial charge in [-0.25, -0.2) is 9.79 Å². The number of carbonyl (C=O) groups excluding carboxylic acids is 1. The normalized spacial score (nSPS) is 12.1. The van der Waals surface area contributed by atoms with E-state index in [4.69, 9.17) is 0 Å². The lowest BCUT2D eigenvalue weighted by atomic mass is 10.1. The summed E-state index contributed by atoms with van der Waals surface area (Å²) in [5.41, 5.74) is 1.33. The molecule has 0 aliphatic heterocycles. The predicted octanol–water partition coefficient (Wildman–Crippen LogP) is 2.41. The third kappa shape index (κ3) is 2.99. The van der Waals surface area contributed by atoms with Crippen LogP contribution in [0.4, 0.5) is 0 Å². The van der Waals surface area contributed by atoms with E-state index in [-0.39, 0.29) is 6.04 Å². The van der Waals surface area contributed by atoms with Crippen molar-refractivity contribution >= 4 is 17.4 Å². The van der Waals surface area contributed by atoms with E-state index in [1.54, 1.807) is 17.4 Å². The molecule has 0 N–H and O–H groups in total. The van der Waals surface area contributed by atoms with Crippen LogP contribution in [0.5, 0.6) is 0 Å². The molecule has 0 bridgehead atoms. The first kappa shape index (κ1) is 9.17. The highest BCUT2D eigenvalue weighted by molar-refractivity contribution is 7.07. The number of isocyanates is 1. The average molecular weight is 181 g/mol. The minimum absolute atomic E-state index is 0.0994. The quantitative estimate of drug-likeness (QED) is 0.518. The molecule has 0 radical (unpaired) electrons. The van der Waals surface area contributed by atoms with E-state index in [0.717, 1.165) is 12.8 Å². The first-order valence-electron chi connectivity index (χ1n) is 3.91. The minimum atomic E-state index is 0.0994. The molecule has 3 heteroatoms. The Bertz CT molecular complexity index is 262. The number of rotatable bonds is 4. The SMILES string of the molecule is CC(CCc1ccsc1)N=C=O. The van der Waals surface area contributed by atoms with Crippen LogP contribution in [0.1, 0.15) is 18.9 Å². The summed E-state index contributed by atoms with van der Waals surface area (Å²) in [6, 6.07) is 2.20. The molecule has 0 saturated carbocycles. The maximum Gasteiger partial charge on any atom is 0.235 e. The van der Waals surface area contributed by atoms with Gasteiger partial charge in [0, 0.05) is 0 Å². The number of hydrogen-bond acceptors (Lipinski definition) is 3. The Hall–Kier alpha value is -0.920. The fraction of sp³-hybridized carbons (Fsp3) is 0.444. The number of nitrogens with zero attached hydrogens (tertiary/aromatic N) is 1. The fourth-order valence-corrected chi connectivity index (χ4v) is 1.67. The maximum absolute atomic E-state index is 9.89. The van der Waals surface area contributed by atoms with E-state index in [2.05, 4.69) is 21.8 Å². The summed E-state index contributed by atoms with van der Waals surface area (Å²) >= 11 is 1.70. The highest BCUT2D eigenvalue weighted by Gasteiger charge is 1.99. The number of hydrogen-bond donors (Lipinski definition) is 0. The summed E-state index contributed by atoms with van der Waals surface area (Å²) < 4.78 is 0. The summed E-state index contributed by atoms with van der Waals surface area (Å²) in [7, 11) is 0. The third-order valence-corrected chi connectivity index (χ3v) is 2.44. The molecule has 1 atom stereocenters. The standard InChI is InChI=1S/C9H11NOS/c1-8(10-7-11)2-3-9-4-5-12-6-9/h4-6,8H,2-3H2,1H3. The zero-order valence-corrected chi connectivity index (χ0v) is 7.80. The van der Waals surface area contributed by atoms with Crippen LogP contribution in [0.25, 0.3) is 0 Å². The molecule has 0 aliphatic rings. The minimum Gasteiger partial charge on any atom is -0.211 e. The number of aliphatic imine (C=N–C) groups is 1. The Kier molecular flexibility index (Phi) is 3.71. The van der Waals surface area contributed by atoms with Crippen molar-refractivity contribution in [1.29, 1.82) is 0 Å². The monoisotopic (exact) mass is 181 g/mol. The Balaban J connectivity index is 2.31. The molecule has 0 saturated heterocycles. The molecule has 0 spiro atoms. The molecule has 1 unspecified atom stereocenters. The van der Waals surface area contributed by atoms with E-state index < -0.39 is 0 Å². The van der Waals surface area contributed by atoms with Crippen molar-refractivity contribution in [1.82, 2.24) is 0 Å². The lowest BCUT2D eigenvalue weighted by molar-refractivity contribution is 0.555. The van der Waals surface area contributed by atoms with Crippen molar-refractivity contribution in [2.24, 2.45) is 4.99 Å². The first-order valence-corrected chi connectivity index (χ1v) is 4.85. The van der Waals surface area contributed by atoms with Gasteiger partial charge < -0.3 is 0 Å². The Labute approximate surface area is 76.0 Å². The summed E-state index contributed by atoms with van der Waals surface area (Å²) in [5, 5.41) is 4.18. The molecule has 1 heterocycles. The van der Waals surface area contributed by atoms with Gasteiger partial charge in [-0.3, -0.25) is 0 Å². The van der Waals surface area contributed by atoms with Gasteiger partial charge in [0.25, 0.3) is 0 Å². The van der Waals surface area contributed by atoms with E-state index in [0.29, 0.717) is 0 Å². The topological polar surface area (TPSA) is 29.4 Å². The summed E-state index contributed by atoms with van der Waals surface area (Å²) in [6.07, 6.45) is 3.49. The highest BCUT2D eigenvalue weighted by Crippen LogP contribution is 2.10. The van der Waals surface area contributed by atoms with Crippen LogP contribution >= 0.6 is 11.3 Å². The molecular weight excluding hydrogens is 170 g/mol. The van der Waals surface area contributed by atoms with Gasteiger partial charge >= 0.3 is 0 Å². The third-order valence-electron chi connectivity index (χ3n) is 1.70.